The predicted octanol–water partition coefficient (Wildman–Crippen LogP) is 3.98. The summed E-state index contributed by atoms with van der Waals surface area (Å²) in [6.07, 6.45) is 4.46. The van der Waals surface area contributed by atoms with Crippen molar-refractivity contribution < 1.29 is 22.7 Å². The molecule has 4 rings (SSSR count). The predicted molar refractivity (Wildman–Crippen MR) is 112 cm³/mol. The number of aliphatic carboxylic acids is 1. The van der Waals surface area contributed by atoms with Gasteiger partial charge in [-0.2, -0.15) is 0 Å². The Morgan fingerprint density at radius 3 is 2.55 bits per heavy atom. The van der Waals surface area contributed by atoms with Crippen LogP contribution in [0.4, 0.5) is 5.69 Å². The second-order valence-electron chi connectivity index (χ2n) is 6.97. The molecule has 148 valence electrons. The van der Waals surface area contributed by atoms with Crippen molar-refractivity contribution in [2.45, 2.75) is 6.42 Å². The van der Waals surface area contributed by atoms with Gasteiger partial charge in [-0.3, -0.25) is 9.10 Å². The molecule has 0 saturated carbocycles. The summed E-state index contributed by atoms with van der Waals surface area (Å²) in [5.74, 6) is -1.22. The Morgan fingerprint density at radius 2 is 1.83 bits per heavy atom. The minimum atomic E-state index is -3.80. The Balaban J connectivity index is 1.86. The van der Waals surface area contributed by atoms with E-state index in [2.05, 4.69) is 6.07 Å². The number of anilines is 1. The van der Waals surface area contributed by atoms with Crippen LogP contribution in [0.3, 0.4) is 0 Å². The fourth-order valence-electron chi connectivity index (χ4n) is 3.62. The highest BCUT2D eigenvalue weighted by Crippen LogP contribution is 2.41. The summed E-state index contributed by atoms with van der Waals surface area (Å²) in [7, 11) is -3.80. The molecule has 6 nitrogen and oxygen atoms in total. The van der Waals surface area contributed by atoms with Crippen molar-refractivity contribution in [3.05, 3.63) is 78.3 Å². The lowest BCUT2D eigenvalue weighted by Crippen LogP contribution is -2.35. The van der Waals surface area contributed by atoms with Crippen molar-refractivity contribution in [2.24, 2.45) is 0 Å². The molecule has 1 heterocycles. The summed E-state index contributed by atoms with van der Waals surface area (Å²) < 4.78 is 31.0. The van der Waals surface area contributed by atoms with Gasteiger partial charge in [0.05, 0.1) is 24.5 Å². The number of carboxylic acids is 1. The normalized spacial score (nSPS) is 11.8. The molecule has 2 aromatic carbocycles. The monoisotopic (exact) mass is 409 g/mol. The highest BCUT2D eigenvalue weighted by atomic mass is 32.2. The highest BCUT2D eigenvalue weighted by Gasteiger charge is 2.28. The standard InChI is InChI=1S/C22H19NO5S/c1-29(26,27)23(13-21(24)25)22-18(12-19-14-28-9-8-20(19)22)11-15-6-7-16-4-2-3-5-17(16)10-15/h2-10,12,14H,11,13H2,1H3,(H,24,25). The Morgan fingerprint density at radius 1 is 1.07 bits per heavy atom. The third kappa shape index (κ3) is 3.82. The molecule has 29 heavy (non-hydrogen) atoms. The fourth-order valence-corrected chi connectivity index (χ4v) is 4.51. The third-order valence-corrected chi connectivity index (χ3v) is 5.96. The van der Waals surface area contributed by atoms with E-state index in [1.54, 1.807) is 6.07 Å². The van der Waals surface area contributed by atoms with Gasteiger partial charge in [-0.05, 0) is 40.5 Å². The second kappa shape index (κ2) is 7.25. The molecule has 0 aromatic heterocycles. The number of benzene rings is 2. The third-order valence-electron chi connectivity index (χ3n) is 4.85. The number of nitrogens with zero attached hydrogens (tertiary/aromatic N) is 1. The van der Waals surface area contributed by atoms with Crippen molar-refractivity contribution in [3.63, 3.8) is 0 Å². The van der Waals surface area contributed by atoms with Crippen molar-refractivity contribution in [1.29, 1.82) is 0 Å². The van der Waals surface area contributed by atoms with Crippen LogP contribution >= 0.6 is 0 Å². The molecule has 0 spiro atoms. The molecule has 1 aliphatic carbocycles. The largest absolute Gasteiger partial charge is 0.480 e. The summed E-state index contributed by atoms with van der Waals surface area (Å²) >= 11 is 0. The summed E-state index contributed by atoms with van der Waals surface area (Å²) in [4.78, 5) is 11.4. The first-order valence-electron chi connectivity index (χ1n) is 8.98. The lowest BCUT2D eigenvalue weighted by atomic mass is 10.0. The Labute approximate surface area is 168 Å². The van der Waals surface area contributed by atoms with Crippen molar-refractivity contribution in [3.8, 4) is 11.1 Å². The molecular weight excluding hydrogens is 390 g/mol. The van der Waals surface area contributed by atoms with Gasteiger partial charge in [-0.1, -0.05) is 42.5 Å². The van der Waals surface area contributed by atoms with E-state index < -0.39 is 22.5 Å². The molecule has 0 amide bonds. The maximum Gasteiger partial charge on any atom is 0.324 e. The van der Waals surface area contributed by atoms with E-state index in [-0.39, 0.29) is 0 Å². The van der Waals surface area contributed by atoms with Gasteiger partial charge in [0.1, 0.15) is 6.54 Å². The van der Waals surface area contributed by atoms with Gasteiger partial charge < -0.3 is 9.52 Å². The first-order valence-corrected chi connectivity index (χ1v) is 10.8. The second-order valence-corrected chi connectivity index (χ2v) is 8.87. The molecule has 0 atom stereocenters. The topological polar surface area (TPSA) is 87.8 Å². The zero-order chi connectivity index (χ0) is 20.6. The molecule has 2 aliphatic rings. The van der Waals surface area contributed by atoms with Gasteiger partial charge >= 0.3 is 5.97 Å². The van der Waals surface area contributed by atoms with E-state index in [9.17, 15) is 18.3 Å². The molecule has 0 fully saturated rings. The summed E-state index contributed by atoms with van der Waals surface area (Å²) in [6.45, 7) is -0.644. The fraction of sp³-hybridized carbons (Fsp3) is 0.136. The Kier molecular flexibility index (Phi) is 4.76. The maximum absolute atomic E-state index is 12.4. The van der Waals surface area contributed by atoms with E-state index in [4.69, 9.17) is 4.42 Å². The molecule has 0 radical (unpaired) electrons. The summed E-state index contributed by atoms with van der Waals surface area (Å²) in [6, 6.07) is 17.6. The van der Waals surface area contributed by atoms with E-state index in [0.717, 1.165) is 38.0 Å². The van der Waals surface area contributed by atoms with Gasteiger partial charge in [0.2, 0.25) is 10.0 Å². The Hall–Kier alpha value is -3.32. The molecule has 7 heteroatoms. The van der Waals surface area contributed by atoms with Gasteiger partial charge in [0.15, 0.2) is 0 Å². The zero-order valence-electron chi connectivity index (χ0n) is 15.7. The minimum absolute atomic E-state index is 0.383. The minimum Gasteiger partial charge on any atom is -0.480 e. The van der Waals surface area contributed by atoms with E-state index in [0.29, 0.717) is 17.7 Å². The van der Waals surface area contributed by atoms with Crippen molar-refractivity contribution >= 4 is 32.5 Å². The number of sulfonamides is 1. The summed E-state index contributed by atoms with van der Waals surface area (Å²) in [5.41, 5.74) is 3.47. The van der Waals surface area contributed by atoms with Crippen LogP contribution in [0.5, 0.6) is 0 Å². The van der Waals surface area contributed by atoms with Gasteiger partial charge in [-0.15, -0.1) is 0 Å². The van der Waals surface area contributed by atoms with Crippen molar-refractivity contribution in [1.82, 2.24) is 0 Å². The van der Waals surface area contributed by atoms with Crippen LogP contribution in [0.25, 0.3) is 21.9 Å². The first kappa shape index (κ1) is 19.0. The van der Waals surface area contributed by atoms with Crippen LogP contribution < -0.4 is 4.31 Å². The number of fused-ring (bicyclic) bond motifs is 2. The van der Waals surface area contributed by atoms with E-state index >= 15 is 0 Å². The number of carboxylic acid groups (broad SMARTS) is 1. The average Bonchev–Trinajstić information content (AvgIpc) is 3.02. The maximum atomic E-state index is 12.4. The van der Waals surface area contributed by atoms with Crippen molar-refractivity contribution in [2.75, 3.05) is 17.1 Å². The molecule has 0 saturated heterocycles. The SMILES string of the molecule is CS(=O)(=O)N(CC(=O)O)c1c(Cc2ccc3ccccc3c2)cc2coccc1-2. The van der Waals surface area contributed by atoms with Gasteiger partial charge in [0, 0.05) is 11.1 Å². The number of rotatable bonds is 6. The summed E-state index contributed by atoms with van der Waals surface area (Å²) in [5, 5.41) is 11.5. The van der Waals surface area contributed by atoms with Gasteiger partial charge in [-0.25, -0.2) is 8.42 Å². The van der Waals surface area contributed by atoms with E-state index in [1.807, 2.05) is 42.5 Å². The quantitative estimate of drug-likeness (QED) is 0.520. The number of carbonyl (C=O) groups is 1. The average molecular weight is 409 g/mol. The van der Waals surface area contributed by atoms with E-state index in [1.165, 1.54) is 12.5 Å². The van der Waals surface area contributed by atoms with Crippen LogP contribution in [-0.2, 0) is 21.2 Å². The molecule has 1 N–H and O–H groups in total. The molecular formula is C22H19NO5S. The van der Waals surface area contributed by atoms with Crippen LogP contribution in [0.15, 0.2) is 71.5 Å². The lowest BCUT2D eigenvalue weighted by molar-refractivity contribution is -0.135. The molecule has 0 bridgehead atoms. The molecule has 0 unspecified atom stereocenters. The van der Waals surface area contributed by atoms with Crippen LogP contribution in [0.2, 0.25) is 0 Å². The van der Waals surface area contributed by atoms with Gasteiger partial charge in [0.25, 0.3) is 0 Å². The highest BCUT2D eigenvalue weighted by molar-refractivity contribution is 7.92. The first-order chi connectivity index (χ1) is 13.8. The number of hydrogen-bond acceptors (Lipinski definition) is 4. The number of hydrogen-bond donors (Lipinski definition) is 1. The lowest BCUT2D eigenvalue weighted by Gasteiger charge is -2.23. The van der Waals surface area contributed by atoms with Crippen LogP contribution in [0.1, 0.15) is 11.1 Å². The zero-order valence-corrected chi connectivity index (χ0v) is 16.5. The molecule has 1 aliphatic heterocycles. The van der Waals surface area contributed by atoms with Crippen LogP contribution in [0, 0.1) is 0 Å². The Bertz CT molecular complexity index is 1280. The molecule has 2 aromatic rings. The van der Waals surface area contributed by atoms with Crippen LogP contribution in [-0.4, -0.2) is 32.3 Å². The smallest absolute Gasteiger partial charge is 0.324 e.